The second-order valence-corrected chi connectivity index (χ2v) is 8.69. The Hall–Kier alpha value is -2.10. The summed E-state index contributed by atoms with van der Waals surface area (Å²) in [6, 6.07) is 7.05. The molecule has 24 heavy (non-hydrogen) atoms. The Morgan fingerprint density at radius 2 is 2.17 bits per heavy atom. The predicted molar refractivity (Wildman–Crippen MR) is 87.8 cm³/mol. The SMILES string of the molecule is O=S(=O)(c1cccs1)N1CC(Cc2nc(-c3cccnc3)no2)C1. The second kappa shape index (κ2) is 6.08. The van der Waals surface area contributed by atoms with E-state index < -0.39 is 10.0 Å². The fourth-order valence-electron chi connectivity index (χ4n) is 2.58. The minimum atomic E-state index is -3.34. The van der Waals surface area contributed by atoms with Gasteiger partial charge >= 0.3 is 0 Å². The Balaban J connectivity index is 1.38. The standard InChI is InChI=1S/C15H14N4O3S2/c20-24(21,14-4-2-6-23-14)19-9-11(10-19)7-13-17-15(18-22-13)12-3-1-5-16-8-12/h1-6,8,11H,7,9-10H2. The molecule has 0 spiro atoms. The zero-order chi connectivity index (χ0) is 16.6. The van der Waals surface area contributed by atoms with Crippen LogP contribution in [0.3, 0.4) is 0 Å². The Morgan fingerprint density at radius 3 is 2.88 bits per heavy atom. The normalized spacial score (nSPS) is 16.2. The molecule has 3 aromatic heterocycles. The third-order valence-electron chi connectivity index (χ3n) is 3.86. The first-order valence-electron chi connectivity index (χ1n) is 7.39. The highest BCUT2D eigenvalue weighted by Crippen LogP contribution is 2.29. The van der Waals surface area contributed by atoms with Crippen molar-refractivity contribution >= 4 is 21.4 Å². The second-order valence-electron chi connectivity index (χ2n) is 5.58. The number of hydrogen-bond acceptors (Lipinski definition) is 7. The molecule has 0 amide bonds. The molecule has 4 rings (SSSR count). The number of rotatable bonds is 5. The zero-order valence-corrected chi connectivity index (χ0v) is 14.2. The molecule has 7 nitrogen and oxygen atoms in total. The van der Waals surface area contributed by atoms with Gasteiger partial charge in [-0.05, 0) is 29.5 Å². The van der Waals surface area contributed by atoms with Crippen LogP contribution in [0.4, 0.5) is 0 Å². The lowest BCUT2D eigenvalue weighted by Crippen LogP contribution is -2.50. The maximum absolute atomic E-state index is 12.3. The molecular formula is C15H14N4O3S2. The summed E-state index contributed by atoms with van der Waals surface area (Å²) in [5, 5.41) is 5.72. The molecule has 0 bridgehead atoms. The number of aromatic nitrogens is 3. The van der Waals surface area contributed by atoms with Gasteiger partial charge in [0.15, 0.2) is 0 Å². The fourth-order valence-corrected chi connectivity index (χ4v) is 5.32. The van der Waals surface area contributed by atoms with Crippen molar-refractivity contribution in [2.75, 3.05) is 13.1 Å². The average Bonchev–Trinajstić information content (AvgIpc) is 3.23. The van der Waals surface area contributed by atoms with Gasteiger partial charge in [-0.1, -0.05) is 11.2 Å². The first kappa shape index (κ1) is 15.4. The van der Waals surface area contributed by atoms with Gasteiger partial charge in [0.25, 0.3) is 10.0 Å². The third-order valence-corrected chi connectivity index (χ3v) is 7.07. The molecule has 1 fully saturated rings. The van der Waals surface area contributed by atoms with Gasteiger partial charge < -0.3 is 4.52 Å². The van der Waals surface area contributed by atoms with E-state index in [1.807, 2.05) is 12.1 Å². The monoisotopic (exact) mass is 362 g/mol. The van der Waals surface area contributed by atoms with Crippen molar-refractivity contribution in [3.8, 4) is 11.4 Å². The number of thiophene rings is 1. The van der Waals surface area contributed by atoms with Crippen molar-refractivity contribution in [1.82, 2.24) is 19.4 Å². The van der Waals surface area contributed by atoms with E-state index in [0.29, 0.717) is 35.4 Å². The predicted octanol–water partition coefficient (Wildman–Crippen LogP) is 2.06. The Morgan fingerprint density at radius 1 is 1.29 bits per heavy atom. The van der Waals surface area contributed by atoms with Crippen molar-refractivity contribution in [2.45, 2.75) is 10.6 Å². The summed E-state index contributed by atoms with van der Waals surface area (Å²) in [5.41, 5.74) is 0.794. The van der Waals surface area contributed by atoms with Crippen molar-refractivity contribution < 1.29 is 12.9 Å². The van der Waals surface area contributed by atoms with E-state index in [2.05, 4.69) is 15.1 Å². The topological polar surface area (TPSA) is 89.2 Å². The van der Waals surface area contributed by atoms with Gasteiger partial charge in [0.05, 0.1) is 0 Å². The summed E-state index contributed by atoms with van der Waals surface area (Å²) in [5.74, 6) is 1.22. The summed E-state index contributed by atoms with van der Waals surface area (Å²) in [4.78, 5) is 8.38. The molecule has 1 aliphatic heterocycles. The summed E-state index contributed by atoms with van der Waals surface area (Å²) >= 11 is 1.24. The van der Waals surface area contributed by atoms with Crippen molar-refractivity contribution in [3.63, 3.8) is 0 Å². The van der Waals surface area contributed by atoms with Crippen LogP contribution in [0.5, 0.6) is 0 Å². The number of nitrogens with zero attached hydrogens (tertiary/aromatic N) is 4. The molecule has 0 unspecified atom stereocenters. The zero-order valence-electron chi connectivity index (χ0n) is 12.6. The van der Waals surface area contributed by atoms with E-state index in [0.717, 1.165) is 5.56 Å². The van der Waals surface area contributed by atoms with Gasteiger partial charge in [0, 0.05) is 37.5 Å². The highest BCUT2D eigenvalue weighted by Gasteiger charge is 2.38. The molecule has 4 heterocycles. The summed E-state index contributed by atoms with van der Waals surface area (Å²) in [6.45, 7) is 0.954. The van der Waals surface area contributed by atoms with Gasteiger partial charge in [0.1, 0.15) is 4.21 Å². The van der Waals surface area contributed by atoms with E-state index in [1.54, 1.807) is 29.9 Å². The van der Waals surface area contributed by atoms with Gasteiger partial charge in [-0.25, -0.2) is 8.42 Å². The molecule has 0 radical (unpaired) electrons. The van der Waals surface area contributed by atoms with E-state index >= 15 is 0 Å². The largest absolute Gasteiger partial charge is 0.339 e. The molecule has 124 valence electrons. The van der Waals surface area contributed by atoms with Gasteiger partial charge in [-0.15, -0.1) is 11.3 Å². The first-order valence-corrected chi connectivity index (χ1v) is 9.71. The number of pyridine rings is 1. The van der Waals surface area contributed by atoms with E-state index in [-0.39, 0.29) is 5.92 Å². The van der Waals surface area contributed by atoms with Crippen LogP contribution < -0.4 is 0 Å². The van der Waals surface area contributed by atoms with Crippen molar-refractivity contribution in [1.29, 1.82) is 0 Å². The quantitative estimate of drug-likeness (QED) is 0.690. The lowest BCUT2D eigenvalue weighted by molar-refractivity contribution is 0.186. The summed E-state index contributed by atoms with van der Waals surface area (Å²) in [7, 11) is -3.34. The third kappa shape index (κ3) is 2.85. The molecule has 1 saturated heterocycles. The van der Waals surface area contributed by atoms with Gasteiger partial charge in [-0.3, -0.25) is 4.98 Å². The minimum absolute atomic E-state index is 0.196. The van der Waals surface area contributed by atoms with Crippen LogP contribution in [0.1, 0.15) is 5.89 Å². The van der Waals surface area contributed by atoms with Gasteiger partial charge in [0.2, 0.25) is 11.7 Å². The Kier molecular flexibility index (Phi) is 3.91. The van der Waals surface area contributed by atoms with Crippen LogP contribution in [0, 0.1) is 5.92 Å². The molecule has 0 N–H and O–H groups in total. The molecule has 9 heteroatoms. The van der Waals surface area contributed by atoms with Crippen LogP contribution in [-0.4, -0.2) is 40.9 Å². The number of hydrogen-bond donors (Lipinski definition) is 0. The van der Waals surface area contributed by atoms with Crippen molar-refractivity contribution in [2.24, 2.45) is 5.92 Å². The number of sulfonamides is 1. The minimum Gasteiger partial charge on any atom is -0.339 e. The average molecular weight is 362 g/mol. The molecule has 0 saturated carbocycles. The van der Waals surface area contributed by atoms with E-state index in [4.69, 9.17) is 4.52 Å². The van der Waals surface area contributed by atoms with E-state index in [1.165, 1.54) is 15.6 Å². The lowest BCUT2D eigenvalue weighted by atomic mass is 9.99. The Labute approximate surface area is 143 Å². The highest BCUT2D eigenvalue weighted by atomic mass is 32.2. The van der Waals surface area contributed by atoms with Crippen LogP contribution in [-0.2, 0) is 16.4 Å². The fraction of sp³-hybridized carbons (Fsp3) is 0.267. The summed E-state index contributed by atoms with van der Waals surface area (Å²) in [6.07, 6.45) is 3.93. The lowest BCUT2D eigenvalue weighted by Gasteiger charge is -2.36. The van der Waals surface area contributed by atoms with Crippen molar-refractivity contribution in [3.05, 3.63) is 47.9 Å². The molecule has 0 aliphatic carbocycles. The Bertz CT molecular complexity index is 917. The molecule has 0 atom stereocenters. The molecule has 3 aromatic rings. The molecular weight excluding hydrogens is 348 g/mol. The molecule has 0 aromatic carbocycles. The maximum Gasteiger partial charge on any atom is 0.252 e. The van der Waals surface area contributed by atoms with Crippen LogP contribution in [0.2, 0.25) is 0 Å². The van der Waals surface area contributed by atoms with Gasteiger partial charge in [-0.2, -0.15) is 9.29 Å². The maximum atomic E-state index is 12.3. The van der Waals surface area contributed by atoms with E-state index in [9.17, 15) is 8.42 Å². The van der Waals surface area contributed by atoms with Crippen LogP contribution in [0.15, 0.2) is 50.8 Å². The highest BCUT2D eigenvalue weighted by molar-refractivity contribution is 7.91. The summed E-state index contributed by atoms with van der Waals surface area (Å²) < 4.78 is 31.8. The van der Waals surface area contributed by atoms with Crippen LogP contribution in [0.25, 0.3) is 11.4 Å². The smallest absolute Gasteiger partial charge is 0.252 e. The van der Waals surface area contributed by atoms with Crippen LogP contribution >= 0.6 is 11.3 Å². The first-order chi connectivity index (χ1) is 11.6. The molecule has 1 aliphatic rings.